The SMILES string of the molecule is CN(CCCCC#N)CC(=O)N1CCCC1. The summed E-state index contributed by atoms with van der Waals surface area (Å²) < 4.78 is 0. The van der Waals surface area contributed by atoms with Crippen LogP contribution in [-0.4, -0.2) is 48.9 Å². The van der Waals surface area contributed by atoms with Crippen LogP contribution in [-0.2, 0) is 4.79 Å². The van der Waals surface area contributed by atoms with Gasteiger partial charge >= 0.3 is 0 Å². The Morgan fingerprint density at radius 1 is 1.38 bits per heavy atom. The Hall–Kier alpha value is -1.08. The summed E-state index contributed by atoms with van der Waals surface area (Å²) in [6.45, 7) is 3.29. The summed E-state index contributed by atoms with van der Waals surface area (Å²) >= 11 is 0. The number of carbonyl (C=O) groups is 1. The summed E-state index contributed by atoms with van der Waals surface area (Å²) in [5, 5.41) is 8.40. The van der Waals surface area contributed by atoms with Gasteiger partial charge in [0, 0.05) is 19.5 Å². The number of likely N-dealkylation sites (tertiary alicyclic amines) is 1. The van der Waals surface area contributed by atoms with E-state index in [1.165, 1.54) is 0 Å². The molecule has 0 aromatic carbocycles. The zero-order valence-corrected chi connectivity index (χ0v) is 10.1. The van der Waals surface area contributed by atoms with Crippen molar-refractivity contribution in [1.29, 1.82) is 5.26 Å². The standard InChI is InChI=1S/C12H21N3O/c1-14(8-4-2-3-7-13)11-12(16)15-9-5-6-10-15/h2-6,8-11H2,1H3. The second-order valence-electron chi connectivity index (χ2n) is 4.44. The van der Waals surface area contributed by atoms with Crippen molar-refractivity contribution in [2.24, 2.45) is 0 Å². The molecule has 0 bridgehead atoms. The third-order valence-electron chi connectivity index (χ3n) is 2.94. The molecular formula is C12H21N3O. The predicted molar refractivity (Wildman–Crippen MR) is 62.8 cm³/mol. The lowest BCUT2D eigenvalue weighted by Gasteiger charge is -2.20. The van der Waals surface area contributed by atoms with Gasteiger partial charge in [0.15, 0.2) is 0 Å². The highest BCUT2D eigenvalue weighted by Gasteiger charge is 2.18. The van der Waals surface area contributed by atoms with E-state index in [4.69, 9.17) is 5.26 Å². The summed E-state index contributed by atoms with van der Waals surface area (Å²) in [6, 6.07) is 2.13. The normalized spacial score (nSPS) is 15.4. The zero-order valence-electron chi connectivity index (χ0n) is 10.1. The van der Waals surface area contributed by atoms with Crippen LogP contribution in [0.2, 0.25) is 0 Å². The molecule has 1 amide bonds. The molecule has 0 spiro atoms. The molecule has 1 aliphatic rings. The monoisotopic (exact) mass is 223 g/mol. The minimum Gasteiger partial charge on any atom is -0.342 e. The highest BCUT2D eigenvalue weighted by Crippen LogP contribution is 2.07. The molecule has 16 heavy (non-hydrogen) atoms. The van der Waals surface area contributed by atoms with Crippen LogP contribution in [0.3, 0.4) is 0 Å². The first kappa shape index (κ1) is 13.0. The van der Waals surface area contributed by atoms with Gasteiger partial charge in [0.1, 0.15) is 0 Å². The second-order valence-corrected chi connectivity index (χ2v) is 4.44. The van der Waals surface area contributed by atoms with E-state index >= 15 is 0 Å². The number of nitrogens with zero attached hydrogens (tertiary/aromatic N) is 3. The number of hydrogen-bond acceptors (Lipinski definition) is 3. The summed E-state index contributed by atoms with van der Waals surface area (Å²) in [5.41, 5.74) is 0. The molecule has 0 radical (unpaired) electrons. The van der Waals surface area contributed by atoms with E-state index in [1.54, 1.807) is 0 Å². The molecule has 0 saturated carbocycles. The van der Waals surface area contributed by atoms with Crippen LogP contribution in [0.4, 0.5) is 0 Å². The lowest BCUT2D eigenvalue weighted by atomic mass is 10.2. The lowest BCUT2D eigenvalue weighted by Crippen LogP contribution is -2.37. The summed E-state index contributed by atoms with van der Waals surface area (Å²) in [5.74, 6) is 0.250. The van der Waals surface area contributed by atoms with E-state index in [9.17, 15) is 4.79 Å². The Kier molecular flexibility index (Phi) is 5.87. The molecule has 1 saturated heterocycles. The number of amides is 1. The molecule has 1 rings (SSSR count). The molecule has 0 aliphatic carbocycles. The zero-order chi connectivity index (χ0) is 11.8. The number of unbranched alkanes of at least 4 members (excludes halogenated alkanes) is 2. The van der Waals surface area contributed by atoms with Gasteiger partial charge in [-0.05, 0) is 39.3 Å². The highest BCUT2D eigenvalue weighted by atomic mass is 16.2. The van der Waals surface area contributed by atoms with Crippen molar-refractivity contribution in [3.63, 3.8) is 0 Å². The molecule has 90 valence electrons. The molecule has 4 heteroatoms. The first-order chi connectivity index (χ1) is 7.74. The maximum atomic E-state index is 11.8. The summed E-state index contributed by atoms with van der Waals surface area (Å²) in [7, 11) is 1.97. The Labute approximate surface area is 97.8 Å². The van der Waals surface area contributed by atoms with Gasteiger partial charge in [-0.1, -0.05) is 0 Å². The van der Waals surface area contributed by atoms with Gasteiger partial charge < -0.3 is 4.90 Å². The summed E-state index contributed by atoms with van der Waals surface area (Å²) in [6.07, 6.45) is 4.85. The molecule has 0 aromatic rings. The van der Waals surface area contributed by atoms with Crippen LogP contribution in [0.15, 0.2) is 0 Å². The fourth-order valence-electron chi connectivity index (χ4n) is 1.96. The third kappa shape index (κ3) is 4.63. The highest BCUT2D eigenvalue weighted by molar-refractivity contribution is 5.78. The third-order valence-corrected chi connectivity index (χ3v) is 2.94. The van der Waals surface area contributed by atoms with Crippen molar-refractivity contribution in [1.82, 2.24) is 9.80 Å². The molecule has 0 N–H and O–H groups in total. The fraction of sp³-hybridized carbons (Fsp3) is 0.833. The predicted octanol–water partition coefficient (Wildman–Crippen LogP) is 1.23. The van der Waals surface area contributed by atoms with E-state index in [1.807, 2.05) is 11.9 Å². The van der Waals surface area contributed by atoms with Gasteiger partial charge in [-0.3, -0.25) is 9.69 Å². The average Bonchev–Trinajstić information content (AvgIpc) is 2.77. The first-order valence-corrected chi connectivity index (χ1v) is 6.07. The van der Waals surface area contributed by atoms with E-state index in [0.29, 0.717) is 13.0 Å². The first-order valence-electron chi connectivity index (χ1n) is 6.07. The van der Waals surface area contributed by atoms with Gasteiger partial charge in [-0.2, -0.15) is 5.26 Å². The Balaban J connectivity index is 2.10. The van der Waals surface area contributed by atoms with E-state index in [-0.39, 0.29) is 5.91 Å². The van der Waals surface area contributed by atoms with Crippen molar-refractivity contribution in [2.75, 3.05) is 33.2 Å². The van der Waals surface area contributed by atoms with Crippen LogP contribution >= 0.6 is 0 Å². The number of rotatable bonds is 6. The molecule has 0 atom stereocenters. The van der Waals surface area contributed by atoms with Gasteiger partial charge in [0.2, 0.25) is 5.91 Å². The number of nitriles is 1. The molecule has 1 aliphatic heterocycles. The second kappa shape index (κ2) is 7.24. The van der Waals surface area contributed by atoms with Gasteiger partial charge in [0.05, 0.1) is 12.6 Å². The van der Waals surface area contributed by atoms with Crippen molar-refractivity contribution < 1.29 is 4.79 Å². The number of carbonyl (C=O) groups excluding carboxylic acids is 1. The van der Waals surface area contributed by atoms with Crippen LogP contribution in [0, 0.1) is 11.3 Å². The van der Waals surface area contributed by atoms with Crippen LogP contribution in [0.1, 0.15) is 32.1 Å². The van der Waals surface area contributed by atoms with Gasteiger partial charge in [0.25, 0.3) is 0 Å². The summed E-state index contributed by atoms with van der Waals surface area (Å²) in [4.78, 5) is 15.8. The van der Waals surface area contributed by atoms with Gasteiger partial charge in [-0.15, -0.1) is 0 Å². The van der Waals surface area contributed by atoms with Crippen molar-refractivity contribution >= 4 is 5.91 Å². The van der Waals surface area contributed by atoms with Crippen molar-refractivity contribution in [3.8, 4) is 6.07 Å². The molecular weight excluding hydrogens is 202 g/mol. The van der Waals surface area contributed by atoms with Crippen LogP contribution in [0.5, 0.6) is 0 Å². The van der Waals surface area contributed by atoms with E-state index in [0.717, 1.165) is 45.3 Å². The maximum Gasteiger partial charge on any atom is 0.236 e. The lowest BCUT2D eigenvalue weighted by molar-refractivity contribution is -0.131. The molecule has 4 nitrogen and oxygen atoms in total. The quantitative estimate of drug-likeness (QED) is 0.636. The fourth-order valence-corrected chi connectivity index (χ4v) is 1.96. The molecule has 0 unspecified atom stereocenters. The van der Waals surface area contributed by atoms with Crippen molar-refractivity contribution in [3.05, 3.63) is 0 Å². The minimum atomic E-state index is 0.250. The largest absolute Gasteiger partial charge is 0.342 e. The smallest absolute Gasteiger partial charge is 0.236 e. The van der Waals surface area contributed by atoms with E-state index < -0.39 is 0 Å². The topological polar surface area (TPSA) is 47.3 Å². The maximum absolute atomic E-state index is 11.8. The Bertz CT molecular complexity index is 253. The van der Waals surface area contributed by atoms with Crippen molar-refractivity contribution in [2.45, 2.75) is 32.1 Å². The minimum absolute atomic E-state index is 0.250. The number of hydrogen-bond donors (Lipinski definition) is 0. The molecule has 0 aromatic heterocycles. The Morgan fingerprint density at radius 2 is 2.06 bits per heavy atom. The van der Waals surface area contributed by atoms with Crippen LogP contribution < -0.4 is 0 Å². The number of likely N-dealkylation sites (N-methyl/N-ethyl adjacent to an activating group) is 1. The molecule has 1 fully saturated rings. The van der Waals surface area contributed by atoms with Gasteiger partial charge in [-0.25, -0.2) is 0 Å². The van der Waals surface area contributed by atoms with E-state index in [2.05, 4.69) is 11.0 Å². The molecule has 1 heterocycles. The Morgan fingerprint density at radius 3 is 2.69 bits per heavy atom. The van der Waals surface area contributed by atoms with Crippen LogP contribution in [0.25, 0.3) is 0 Å². The average molecular weight is 223 g/mol.